The zero-order valence-electron chi connectivity index (χ0n) is 19.0. The lowest BCUT2D eigenvalue weighted by Crippen LogP contribution is -2.29. The Balaban J connectivity index is 1.48. The van der Waals surface area contributed by atoms with Gasteiger partial charge in [-0.2, -0.15) is 0 Å². The second kappa shape index (κ2) is 8.06. The summed E-state index contributed by atoms with van der Waals surface area (Å²) >= 11 is 5.90. The van der Waals surface area contributed by atoms with Crippen molar-refractivity contribution in [1.82, 2.24) is 14.9 Å². The summed E-state index contributed by atoms with van der Waals surface area (Å²) in [6.07, 6.45) is 6.99. The van der Waals surface area contributed by atoms with Crippen LogP contribution in [0.5, 0.6) is 11.5 Å². The number of aryl methyl sites for hydroxylation is 1. The topological polar surface area (TPSA) is 51.6 Å². The predicted molar refractivity (Wildman–Crippen MR) is 132 cm³/mol. The van der Waals surface area contributed by atoms with E-state index in [9.17, 15) is 0 Å². The SMILES string of the molecule is Cc1cc([C@H]2[C@H](c3ccccn3)NC(=S)N2c2ccc3c(c2)OCO3)c(C)n1C1CCCC1. The Morgan fingerprint density at radius 1 is 1.03 bits per heavy atom. The van der Waals surface area contributed by atoms with E-state index in [1.807, 2.05) is 30.5 Å². The molecule has 1 saturated heterocycles. The molecular weight excluding hydrogens is 432 g/mol. The van der Waals surface area contributed by atoms with Crippen LogP contribution >= 0.6 is 12.2 Å². The second-order valence-electron chi connectivity index (χ2n) is 9.17. The van der Waals surface area contributed by atoms with Crippen molar-refractivity contribution in [1.29, 1.82) is 0 Å². The van der Waals surface area contributed by atoms with E-state index in [0.29, 0.717) is 11.2 Å². The highest BCUT2D eigenvalue weighted by atomic mass is 32.1. The van der Waals surface area contributed by atoms with Crippen LogP contribution in [-0.4, -0.2) is 21.5 Å². The summed E-state index contributed by atoms with van der Waals surface area (Å²) in [6.45, 7) is 4.75. The third kappa shape index (κ3) is 3.37. The number of rotatable bonds is 4. The fourth-order valence-corrected chi connectivity index (χ4v) is 6.16. The molecule has 0 spiro atoms. The second-order valence-corrected chi connectivity index (χ2v) is 9.56. The molecule has 3 aliphatic rings. The van der Waals surface area contributed by atoms with Crippen molar-refractivity contribution >= 4 is 23.0 Å². The quantitative estimate of drug-likeness (QED) is 0.518. The summed E-state index contributed by atoms with van der Waals surface area (Å²) in [6, 6.07) is 15.0. The molecule has 2 aliphatic heterocycles. The van der Waals surface area contributed by atoms with Gasteiger partial charge in [0.25, 0.3) is 0 Å². The minimum atomic E-state index is -0.0540. The lowest BCUT2D eigenvalue weighted by Gasteiger charge is -2.28. The number of pyridine rings is 1. The molecular formula is C26H28N4O2S. The highest BCUT2D eigenvalue weighted by Gasteiger charge is 2.43. The molecule has 4 heterocycles. The van der Waals surface area contributed by atoms with Crippen LogP contribution in [-0.2, 0) is 0 Å². The Hall–Kier alpha value is -3.06. The third-order valence-electron chi connectivity index (χ3n) is 7.26. The summed E-state index contributed by atoms with van der Waals surface area (Å²) < 4.78 is 13.8. The molecule has 6 nitrogen and oxygen atoms in total. The van der Waals surface area contributed by atoms with Crippen LogP contribution in [0.15, 0.2) is 48.7 Å². The van der Waals surface area contributed by atoms with E-state index in [-0.39, 0.29) is 18.9 Å². The fourth-order valence-electron chi connectivity index (χ4n) is 5.81. The summed E-state index contributed by atoms with van der Waals surface area (Å²) in [5.41, 5.74) is 5.91. The molecule has 170 valence electrons. The molecule has 0 bridgehead atoms. The Labute approximate surface area is 199 Å². The average molecular weight is 461 g/mol. The number of ether oxygens (including phenoxy) is 2. The summed E-state index contributed by atoms with van der Waals surface area (Å²) in [5, 5.41) is 4.27. The van der Waals surface area contributed by atoms with Gasteiger partial charge in [0.05, 0.1) is 17.8 Å². The molecule has 1 saturated carbocycles. The van der Waals surface area contributed by atoms with Crippen LogP contribution in [0.25, 0.3) is 0 Å². The van der Waals surface area contributed by atoms with Crippen LogP contribution in [0.4, 0.5) is 5.69 Å². The van der Waals surface area contributed by atoms with Gasteiger partial charge in [-0.15, -0.1) is 0 Å². The van der Waals surface area contributed by atoms with Crippen molar-refractivity contribution in [3.63, 3.8) is 0 Å². The monoisotopic (exact) mass is 460 g/mol. The average Bonchev–Trinajstić information content (AvgIpc) is 3.60. The van der Waals surface area contributed by atoms with Crippen LogP contribution in [0, 0.1) is 13.8 Å². The number of nitrogens with one attached hydrogen (secondary N) is 1. The molecule has 33 heavy (non-hydrogen) atoms. The first-order valence-corrected chi connectivity index (χ1v) is 12.1. The van der Waals surface area contributed by atoms with Gasteiger partial charge in [0.15, 0.2) is 16.6 Å². The molecule has 0 unspecified atom stereocenters. The van der Waals surface area contributed by atoms with Gasteiger partial charge in [0.1, 0.15) is 0 Å². The highest BCUT2D eigenvalue weighted by molar-refractivity contribution is 7.80. The molecule has 6 rings (SSSR count). The van der Waals surface area contributed by atoms with E-state index in [2.05, 4.69) is 46.8 Å². The summed E-state index contributed by atoms with van der Waals surface area (Å²) in [7, 11) is 0. The maximum atomic E-state index is 5.90. The van der Waals surface area contributed by atoms with Crippen molar-refractivity contribution in [2.45, 2.75) is 57.7 Å². The number of nitrogens with zero attached hydrogens (tertiary/aromatic N) is 3. The van der Waals surface area contributed by atoms with Crippen molar-refractivity contribution in [3.05, 3.63) is 71.3 Å². The van der Waals surface area contributed by atoms with E-state index in [1.165, 1.54) is 42.6 Å². The van der Waals surface area contributed by atoms with E-state index >= 15 is 0 Å². The lowest BCUT2D eigenvalue weighted by molar-refractivity contribution is 0.174. The number of fused-ring (bicyclic) bond motifs is 1. The van der Waals surface area contributed by atoms with Gasteiger partial charge in [-0.3, -0.25) is 4.98 Å². The zero-order chi connectivity index (χ0) is 22.5. The fraction of sp³-hybridized carbons (Fsp3) is 0.385. The molecule has 2 atom stereocenters. The van der Waals surface area contributed by atoms with E-state index in [0.717, 1.165) is 22.9 Å². The Morgan fingerprint density at radius 2 is 1.85 bits per heavy atom. The zero-order valence-corrected chi connectivity index (χ0v) is 19.8. The lowest BCUT2D eigenvalue weighted by atomic mass is 9.96. The first kappa shape index (κ1) is 20.5. The largest absolute Gasteiger partial charge is 0.454 e. The van der Waals surface area contributed by atoms with Gasteiger partial charge in [-0.05, 0) is 74.8 Å². The molecule has 7 heteroatoms. The summed E-state index contributed by atoms with van der Waals surface area (Å²) in [4.78, 5) is 6.91. The van der Waals surface area contributed by atoms with Crippen LogP contribution in [0.2, 0.25) is 0 Å². The highest BCUT2D eigenvalue weighted by Crippen LogP contribution is 2.46. The van der Waals surface area contributed by atoms with Crippen LogP contribution in [0.3, 0.4) is 0 Å². The minimum absolute atomic E-state index is 0.0193. The van der Waals surface area contributed by atoms with Gasteiger partial charge in [0, 0.05) is 35.4 Å². The number of hydrogen-bond donors (Lipinski definition) is 1. The number of aromatic nitrogens is 2. The number of anilines is 1. The molecule has 0 radical (unpaired) electrons. The van der Waals surface area contributed by atoms with E-state index in [1.54, 1.807) is 0 Å². The van der Waals surface area contributed by atoms with E-state index < -0.39 is 0 Å². The van der Waals surface area contributed by atoms with Crippen molar-refractivity contribution in [2.75, 3.05) is 11.7 Å². The van der Waals surface area contributed by atoms with Gasteiger partial charge in [0.2, 0.25) is 6.79 Å². The Morgan fingerprint density at radius 3 is 2.64 bits per heavy atom. The molecule has 2 fully saturated rings. The minimum Gasteiger partial charge on any atom is -0.454 e. The number of hydrogen-bond acceptors (Lipinski definition) is 4. The third-order valence-corrected chi connectivity index (χ3v) is 7.58. The van der Waals surface area contributed by atoms with E-state index in [4.69, 9.17) is 26.7 Å². The maximum absolute atomic E-state index is 5.90. The first-order chi connectivity index (χ1) is 16.1. The predicted octanol–water partition coefficient (Wildman–Crippen LogP) is 5.52. The molecule has 3 aromatic rings. The maximum Gasteiger partial charge on any atom is 0.231 e. The van der Waals surface area contributed by atoms with Crippen LogP contribution < -0.4 is 19.7 Å². The molecule has 2 aromatic heterocycles. The summed E-state index contributed by atoms with van der Waals surface area (Å²) in [5.74, 6) is 1.53. The van der Waals surface area contributed by atoms with Gasteiger partial charge in [-0.25, -0.2) is 0 Å². The standard InChI is InChI=1S/C26H28N4O2S/c1-16-13-20(17(2)29(16)18-7-3-4-8-18)25-24(21-9-5-6-12-27-21)28-26(33)30(25)19-10-11-22-23(14-19)32-15-31-22/h5-6,9-14,18,24-25H,3-4,7-8,15H2,1-2H3,(H,28,33)/t24-,25-/m0/s1. The first-order valence-electron chi connectivity index (χ1n) is 11.7. The van der Waals surface area contributed by atoms with Crippen molar-refractivity contribution in [2.24, 2.45) is 0 Å². The van der Waals surface area contributed by atoms with Gasteiger partial charge >= 0.3 is 0 Å². The molecule has 1 aromatic carbocycles. The number of benzene rings is 1. The van der Waals surface area contributed by atoms with Gasteiger partial charge in [-0.1, -0.05) is 18.9 Å². The Bertz CT molecular complexity index is 1200. The molecule has 1 aliphatic carbocycles. The van der Waals surface area contributed by atoms with Crippen molar-refractivity contribution < 1.29 is 9.47 Å². The Kier molecular flexibility index (Phi) is 5.02. The molecule has 1 N–H and O–H groups in total. The smallest absolute Gasteiger partial charge is 0.231 e. The molecule has 0 amide bonds. The van der Waals surface area contributed by atoms with Crippen molar-refractivity contribution in [3.8, 4) is 11.5 Å². The number of thiocarbonyl (C=S) groups is 1. The van der Waals surface area contributed by atoms with Gasteiger partial charge < -0.3 is 24.3 Å². The van der Waals surface area contributed by atoms with Crippen LogP contribution in [0.1, 0.15) is 66.5 Å². The normalized spacial score (nSPS) is 22.2.